The Morgan fingerprint density at radius 3 is 2.12 bits per heavy atom. The minimum Gasteiger partial charge on any atom is -0.478 e. The number of halogens is 2. The summed E-state index contributed by atoms with van der Waals surface area (Å²) in [7, 11) is 0. The number of hydrogen-bond acceptors (Lipinski definition) is 4. The monoisotopic (exact) mass is 421 g/mol. The summed E-state index contributed by atoms with van der Waals surface area (Å²) in [4.78, 5) is 14.5. The molecule has 0 saturated carbocycles. The molecule has 1 aromatic carbocycles. The highest BCUT2D eigenvalue weighted by Gasteiger charge is 2.31. The molecule has 0 unspecified atom stereocenters. The topological polar surface area (TPSA) is 29.5 Å². The number of thiocarbonyl (C=S) groups is 1. The predicted molar refractivity (Wildman–Crippen MR) is 114 cm³/mol. The Hall–Kier alpha value is -0.490. The molecule has 1 aromatic rings. The molecule has 0 aromatic heterocycles. The predicted octanol–water partition coefficient (Wildman–Crippen LogP) is 6.21. The van der Waals surface area contributed by atoms with Crippen LogP contribution >= 0.6 is 47.2 Å². The second kappa shape index (κ2) is 8.94. The molecule has 0 atom stereocenters. The zero-order valence-corrected chi connectivity index (χ0v) is 18.6. The van der Waals surface area contributed by atoms with Crippen molar-refractivity contribution in [2.24, 2.45) is 5.41 Å². The van der Waals surface area contributed by atoms with Crippen LogP contribution in [0, 0.1) is 5.41 Å². The van der Waals surface area contributed by atoms with Crippen LogP contribution in [0.25, 0.3) is 0 Å². The summed E-state index contributed by atoms with van der Waals surface area (Å²) in [6.45, 7) is 12.5. The van der Waals surface area contributed by atoms with E-state index in [1.54, 1.807) is 23.1 Å². The Labute approximate surface area is 170 Å². The number of nitrogens with zero attached hydrogens (tertiary/aromatic N) is 1. The Morgan fingerprint density at radius 2 is 1.68 bits per heavy atom. The molecule has 0 heterocycles. The summed E-state index contributed by atoms with van der Waals surface area (Å²) in [5.74, 6) is 0.0242. The minimum atomic E-state index is -0.486. The van der Waals surface area contributed by atoms with Crippen LogP contribution in [0.2, 0.25) is 10.0 Å². The van der Waals surface area contributed by atoms with E-state index in [-0.39, 0.29) is 17.1 Å². The number of benzene rings is 1. The first-order valence-electron chi connectivity index (χ1n) is 7.89. The van der Waals surface area contributed by atoms with Crippen LogP contribution in [0.3, 0.4) is 0 Å². The number of carbonyl (C=O) groups is 1. The molecule has 140 valence electrons. The van der Waals surface area contributed by atoms with E-state index in [4.69, 9.17) is 40.2 Å². The van der Waals surface area contributed by atoms with Crippen LogP contribution < -0.4 is 4.90 Å². The second-order valence-electron chi connectivity index (χ2n) is 7.86. The lowest BCUT2D eigenvalue weighted by Gasteiger charge is -2.36. The summed E-state index contributed by atoms with van der Waals surface area (Å²) in [6, 6.07) is 5.20. The zero-order valence-electron chi connectivity index (χ0n) is 15.5. The van der Waals surface area contributed by atoms with E-state index in [0.717, 1.165) is 0 Å². The molecule has 0 aliphatic rings. The van der Waals surface area contributed by atoms with E-state index < -0.39 is 5.54 Å². The van der Waals surface area contributed by atoms with Gasteiger partial charge in [0, 0.05) is 5.54 Å². The summed E-state index contributed by atoms with van der Waals surface area (Å²) >= 11 is 19.0. The molecule has 0 aliphatic carbocycles. The van der Waals surface area contributed by atoms with E-state index in [1.165, 1.54) is 11.8 Å². The highest BCUT2D eigenvalue weighted by Crippen LogP contribution is 2.37. The maximum Gasteiger partial charge on any atom is 0.238 e. The number of anilines is 1. The summed E-state index contributed by atoms with van der Waals surface area (Å²) in [6.07, 6.45) is 0. The van der Waals surface area contributed by atoms with Crippen molar-refractivity contribution in [3.05, 3.63) is 28.2 Å². The van der Waals surface area contributed by atoms with E-state index >= 15 is 0 Å². The van der Waals surface area contributed by atoms with Gasteiger partial charge in [-0.1, -0.05) is 61.8 Å². The SMILES string of the molecule is CC(C)(C)COC(=S)SCC(=O)N(c1c(Cl)cccc1Cl)C(C)(C)C. The number of carbonyl (C=O) groups excluding carboxylic acids is 1. The van der Waals surface area contributed by atoms with Gasteiger partial charge >= 0.3 is 0 Å². The maximum absolute atomic E-state index is 12.9. The molecule has 7 heteroatoms. The Kier molecular flexibility index (Phi) is 8.06. The molecule has 0 fully saturated rings. The van der Waals surface area contributed by atoms with Crippen molar-refractivity contribution in [2.75, 3.05) is 17.3 Å². The molecule has 25 heavy (non-hydrogen) atoms. The highest BCUT2D eigenvalue weighted by atomic mass is 35.5. The van der Waals surface area contributed by atoms with Gasteiger partial charge in [-0.2, -0.15) is 0 Å². The van der Waals surface area contributed by atoms with E-state index in [1.807, 2.05) is 20.8 Å². The average molecular weight is 422 g/mol. The lowest BCUT2D eigenvalue weighted by atomic mass is 9.99. The summed E-state index contributed by atoms with van der Waals surface area (Å²) in [5, 5.41) is 0.875. The maximum atomic E-state index is 12.9. The quantitative estimate of drug-likeness (QED) is 0.540. The van der Waals surface area contributed by atoms with Crippen LogP contribution in [-0.4, -0.2) is 28.2 Å². The van der Waals surface area contributed by atoms with E-state index in [9.17, 15) is 4.79 Å². The first-order valence-corrected chi connectivity index (χ1v) is 10.0. The summed E-state index contributed by atoms with van der Waals surface area (Å²) in [5.41, 5.74) is 0.0441. The Bertz CT molecular complexity index is 617. The number of amides is 1. The fourth-order valence-electron chi connectivity index (χ4n) is 2.04. The van der Waals surface area contributed by atoms with Crippen molar-refractivity contribution < 1.29 is 9.53 Å². The van der Waals surface area contributed by atoms with Gasteiger partial charge < -0.3 is 9.64 Å². The van der Waals surface area contributed by atoms with Gasteiger partial charge in [-0.3, -0.25) is 4.79 Å². The number of rotatable bonds is 4. The van der Waals surface area contributed by atoms with Gasteiger partial charge in [-0.15, -0.1) is 0 Å². The van der Waals surface area contributed by atoms with Crippen molar-refractivity contribution in [1.29, 1.82) is 0 Å². The van der Waals surface area contributed by atoms with E-state index in [2.05, 4.69) is 20.8 Å². The van der Waals surface area contributed by atoms with Gasteiger partial charge in [-0.25, -0.2) is 0 Å². The molecular weight excluding hydrogens is 397 g/mol. The largest absolute Gasteiger partial charge is 0.478 e. The third kappa shape index (κ3) is 7.33. The molecule has 0 N–H and O–H groups in total. The lowest BCUT2D eigenvalue weighted by Crippen LogP contribution is -2.47. The fourth-order valence-corrected chi connectivity index (χ4v) is 3.35. The molecule has 0 bridgehead atoms. The lowest BCUT2D eigenvalue weighted by molar-refractivity contribution is -0.117. The molecular formula is C18H25Cl2NO2S2. The van der Waals surface area contributed by atoms with Crippen LogP contribution in [0.15, 0.2) is 18.2 Å². The number of thioether (sulfide) groups is 1. The van der Waals surface area contributed by atoms with Crippen molar-refractivity contribution in [3.8, 4) is 0 Å². The molecule has 0 saturated heterocycles. The van der Waals surface area contributed by atoms with Gasteiger partial charge in [0.2, 0.25) is 10.3 Å². The van der Waals surface area contributed by atoms with Crippen LogP contribution in [0.4, 0.5) is 5.69 Å². The third-order valence-corrected chi connectivity index (χ3v) is 4.84. The highest BCUT2D eigenvalue weighted by molar-refractivity contribution is 8.23. The molecule has 3 nitrogen and oxygen atoms in total. The van der Waals surface area contributed by atoms with Crippen molar-refractivity contribution >= 4 is 63.2 Å². The van der Waals surface area contributed by atoms with Gasteiger partial charge in [0.15, 0.2) is 0 Å². The first-order chi connectivity index (χ1) is 11.3. The van der Waals surface area contributed by atoms with Gasteiger partial charge in [0.1, 0.15) is 0 Å². The van der Waals surface area contributed by atoms with Crippen molar-refractivity contribution in [1.82, 2.24) is 0 Å². The van der Waals surface area contributed by atoms with Crippen molar-refractivity contribution in [3.63, 3.8) is 0 Å². The molecule has 0 radical (unpaired) electrons. The zero-order chi connectivity index (χ0) is 19.4. The third-order valence-electron chi connectivity index (χ3n) is 3.02. The van der Waals surface area contributed by atoms with Crippen LogP contribution in [0.1, 0.15) is 41.5 Å². The molecule has 1 rings (SSSR count). The molecule has 0 aliphatic heterocycles. The minimum absolute atomic E-state index is 0.0111. The summed E-state index contributed by atoms with van der Waals surface area (Å²) < 4.78 is 5.91. The van der Waals surface area contributed by atoms with Crippen LogP contribution in [-0.2, 0) is 9.53 Å². The van der Waals surface area contributed by atoms with Gasteiger partial charge in [0.25, 0.3) is 0 Å². The van der Waals surface area contributed by atoms with Gasteiger partial charge in [0.05, 0.1) is 28.1 Å². The number of ether oxygens (including phenoxy) is 1. The van der Waals surface area contributed by atoms with Crippen molar-refractivity contribution in [2.45, 2.75) is 47.1 Å². The Balaban J connectivity index is 2.89. The van der Waals surface area contributed by atoms with E-state index in [0.29, 0.717) is 26.7 Å². The average Bonchev–Trinajstić information content (AvgIpc) is 2.44. The molecule has 0 spiro atoms. The Morgan fingerprint density at radius 1 is 1.16 bits per heavy atom. The second-order valence-corrected chi connectivity index (χ2v) is 10.2. The van der Waals surface area contributed by atoms with Crippen LogP contribution in [0.5, 0.6) is 0 Å². The smallest absolute Gasteiger partial charge is 0.238 e. The normalized spacial score (nSPS) is 12.0. The fraction of sp³-hybridized carbons (Fsp3) is 0.556. The first kappa shape index (κ1) is 22.6. The number of para-hydroxylation sites is 1. The van der Waals surface area contributed by atoms with Gasteiger partial charge in [-0.05, 0) is 50.5 Å². The molecule has 1 amide bonds. The standard InChI is InChI=1S/C18H25Cl2NO2S2/c1-17(2,3)11-23-16(24)25-10-14(22)21(18(4,5)6)15-12(19)8-7-9-13(15)20/h7-9H,10-11H2,1-6H3. The number of hydrogen-bond donors (Lipinski definition) is 0.